The van der Waals surface area contributed by atoms with Crippen LogP contribution in [0.2, 0.25) is 5.02 Å². The first-order chi connectivity index (χ1) is 33.9. The second-order valence-corrected chi connectivity index (χ2v) is 21.5. The second kappa shape index (κ2) is 21.4. The van der Waals surface area contributed by atoms with Crippen molar-refractivity contribution in [1.82, 2.24) is 40.6 Å². The summed E-state index contributed by atoms with van der Waals surface area (Å²) in [5, 5.41) is 30.0. The summed E-state index contributed by atoms with van der Waals surface area (Å²) in [6.07, 6.45) is 2.17. The van der Waals surface area contributed by atoms with E-state index >= 15 is 0 Å². The number of carbonyl (C=O) groups is 4. The Morgan fingerprint density at radius 3 is 2.41 bits per heavy atom. The third-order valence-electron chi connectivity index (χ3n) is 12.8. The lowest BCUT2D eigenvalue weighted by atomic mass is 9.85. The van der Waals surface area contributed by atoms with Crippen molar-refractivity contribution >= 4 is 69.7 Å². The highest BCUT2D eigenvalue weighted by Crippen LogP contribution is 2.40. The maximum atomic E-state index is 14.2. The number of amides is 4. The van der Waals surface area contributed by atoms with E-state index < -0.39 is 41.5 Å². The van der Waals surface area contributed by atoms with E-state index in [0.29, 0.717) is 28.0 Å². The van der Waals surface area contributed by atoms with E-state index in [1.165, 1.54) is 11.0 Å². The quantitative estimate of drug-likeness (QED) is 0.0580. The van der Waals surface area contributed by atoms with Gasteiger partial charge in [-0.25, -0.2) is 4.98 Å². The normalized spacial score (nSPS) is 17.5. The van der Waals surface area contributed by atoms with Gasteiger partial charge < -0.3 is 30.7 Å². The number of benzene rings is 3. The van der Waals surface area contributed by atoms with Gasteiger partial charge in [0.2, 0.25) is 23.6 Å². The van der Waals surface area contributed by atoms with Gasteiger partial charge in [0.15, 0.2) is 5.82 Å². The first-order valence-corrected chi connectivity index (χ1v) is 25.6. The molecule has 5 atom stereocenters. The van der Waals surface area contributed by atoms with Crippen molar-refractivity contribution in [1.29, 1.82) is 0 Å². The number of hydrogen-bond donors (Lipinski definition) is 4. The van der Waals surface area contributed by atoms with Crippen LogP contribution in [0.3, 0.4) is 0 Å². The van der Waals surface area contributed by atoms with E-state index in [2.05, 4.69) is 45.0 Å². The maximum Gasteiger partial charge on any atom is 0.246 e. The summed E-state index contributed by atoms with van der Waals surface area (Å²) in [6, 6.07) is 19.7. The topological polar surface area (TPSA) is 193 Å². The van der Waals surface area contributed by atoms with Crippen molar-refractivity contribution in [3.8, 4) is 21.2 Å². The van der Waals surface area contributed by atoms with E-state index in [-0.39, 0.29) is 50.4 Å². The summed E-state index contributed by atoms with van der Waals surface area (Å²) in [7, 11) is 0. The molecule has 0 unspecified atom stereocenters. The molecule has 0 saturated carbocycles. The highest BCUT2D eigenvalue weighted by Gasteiger charge is 2.44. The smallest absolute Gasteiger partial charge is 0.246 e. The highest BCUT2D eigenvalue weighted by molar-refractivity contribution is 7.15. The van der Waals surface area contributed by atoms with Crippen LogP contribution in [-0.4, -0.2) is 97.0 Å². The fraction of sp³-hybridized carbons (Fsp3) is 0.358. The van der Waals surface area contributed by atoms with Gasteiger partial charge in [0.25, 0.3) is 0 Å². The number of aliphatic hydroxyl groups excluding tert-OH is 1. The molecule has 4 N–H and O–H groups in total. The van der Waals surface area contributed by atoms with Gasteiger partial charge in [0, 0.05) is 40.1 Å². The summed E-state index contributed by atoms with van der Waals surface area (Å²) in [4.78, 5) is 68.1. The molecule has 0 radical (unpaired) electrons. The summed E-state index contributed by atoms with van der Waals surface area (Å²) < 4.78 is 8.01. The lowest BCUT2D eigenvalue weighted by molar-refractivity contribution is -0.143. The van der Waals surface area contributed by atoms with Crippen LogP contribution in [0.4, 0.5) is 0 Å². The van der Waals surface area contributed by atoms with Crippen LogP contribution in [0.5, 0.6) is 5.75 Å². The molecule has 1 fully saturated rings. The van der Waals surface area contributed by atoms with E-state index in [1.807, 2.05) is 106 Å². The van der Waals surface area contributed by atoms with Gasteiger partial charge in [-0.05, 0) is 92.6 Å². The number of nitrogens with zero attached hydrogens (tertiary/aromatic N) is 6. The number of fused-ring (bicyclic) bond motifs is 3. The van der Waals surface area contributed by atoms with Gasteiger partial charge in [-0.15, -0.1) is 32.9 Å². The molecule has 2 aliphatic heterocycles. The number of nitrogens with one attached hydrogen (secondary N) is 3. The molecule has 4 amide bonds. The number of likely N-dealkylation sites (tertiary alicyclic amines) is 1. The number of rotatable bonds is 15. The Kier molecular flexibility index (Phi) is 15.4. The molecule has 370 valence electrons. The van der Waals surface area contributed by atoms with Crippen LogP contribution >= 0.6 is 34.3 Å². The largest absolute Gasteiger partial charge is 0.492 e. The molecule has 0 aliphatic carbocycles. The van der Waals surface area contributed by atoms with E-state index in [4.69, 9.17) is 21.3 Å². The molecular formula is C53H58ClN9O6S2. The summed E-state index contributed by atoms with van der Waals surface area (Å²) >= 11 is 9.47. The van der Waals surface area contributed by atoms with E-state index in [9.17, 15) is 24.3 Å². The average Bonchev–Trinajstić information content (AvgIpc) is 4.11. The number of aryl methyl sites for hydroxylation is 3. The van der Waals surface area contributed by atoms with Crippen molar-refractivity contribution in [2.45, 2.75) is 98.5 Å². The van der Waals surface area contributed by atoms with Crippen molar-refractivity contribution < 1.29 is 29.0 Å². The number of thiophene rings is 1. The lowest BCUT2D eigenvalue weighted by Crippen LogP contribution is -2.57. The molecule has 5 heterocycles. The first-order valence-electron chi connectivity index (χ1n) is 23.5. The minimum Gasteiger partial charge on any atom is -0.492 e. The number of thiazole rings is 1. The molecule has 6 aromatic rings. The molecule has 3 aromatic heterocycles. The Bertz CT molecular complexity index is 3010. The molecule has 0 bridgehead atoms. The Balaban J connectivity index is 0.854. The summed E-state index contributed by atoms with van der Waals surface area (Å²) in [5.41, 5.74) is 8.38. The minimum atomic E-state index is -1.00. The Morgan fingerprint density at radius 2 is 1.70 bits per heavy atom. The molecular weight excluding hydrogens is 958 g/mol. The number of hydrogen-bond acceptors (Lipinski definition) is 12. The Hall–Kier alpha value is -6.53. The number of halogens is 1. The minimum absolute atomic E-state index is 0.0340. The number of aromatic nitrogens is 4. The summed E-state index contributed by atoms with van der Waals surface area (Å²) in [6.45, 7) is 15.8. The zero-order valence-corrected chi connectivity index (χ0v) is 43.3. The van der Waals surface area contributed by atoms with Crippen molar-refractivity contribution in [2.24, 2.45) is 10.4 Å². The fourth-order valence-electron chi connectivity index (χ4n) is 8.83. The van der Waals surface area contributed by atoms with Gasteiger partial charge in [0.1, 0.15) is 41.3 Å². The monoisotopic (exact) mass is 1020 g/mol. The third-order valence-corrected chi connectivity index (χ3v) is 15.2. The molecule has 0 spiro atoms. The fourth-order valence-corrected chi connectivity index (χ4v) is 11.0. The SMILES string of the molecule is Cc1ncsc1-c1ccc([C@H](C)NC(=O)[C@@H]2C[C@@H](O)CN2C(=O)[C@@H](NC(=O)/C=C/c2cccc(OCCNC(=O)C[C@@H]3N=C(c4ccc(Cl)cc4)c4c(sc(C)c4C)-n4c(C)nnc43)c2)C(C)(C)C)cc1. The van der Waals surface area contributed by atoms with E-state index in [1.54, 1.807) is 46.9 Å². The van der Waals surface area contributed by atoms with Gasteiger partial charge in [-0.1, -0.05) is 80.9 Å². The van der Waals surface area contributed by atoms with Gasteiger partial charge in [-0.3, -0.25) is 28.7 Å². The zero-order chi connectivity index (χ0) is 50.7. The number of aliphatic imine (C=N–C) groups is 1. The molecule has 3 aromatic carbocycles. The van der Waals surface area contributed by atoms with Crippen molar-refractivity contribution in [3.05, 3.63) is 139 Å². The molecule has 2 aliphatic rings. The standard InChI is InChI=1S/C53H58ClN9O6S2/c1-29-32(4)71-52-45(29)46(36-17-19-38(54)20-18-36)58-41(49-61-60-33(5)63(49)52)26-44(66)55-22-23-69-40-11-9-10-34(24-40)12-21-43(65)59-48(53(6,7)8)51(68)62-27-39(64)25-42(62)50(67)57-30(2)35-13-15-37(16-14-35)47-31(3)56-28-70-47/h9-21,24,28,30,39,41-42,48,64H,22-23,25-27H2,1-8H3,(H,55,66)(H,57,67)(H,59,65)/b21-12+/t30-,39+,41-,42-,48+/m0/s1. The molecule has 8 rings (SSSR count). The van der Waals surface area contributed by atoms with Crippen molar-refractivity contribution in [2.75, 3.05) is 19.7 Å². The second-order valence-electron chi connectivity index (χ2n) is 19.0. The third kappa shape index (κ3) is 11.5. The highest BCUT2D eigenvalue weighted by atomic mass is 35.5. The predicted molar refractivity (Wildman–Crippen MR) is 278 cm³/mol. The Labute approximate surface area is 426 Å². The molecule has 1 saturated heterocycles. The number of ether oxygens (including phenoxy) is 1. The van der Waals surface area contributed by atoms with Gasteiger partial charge >= 0.3 is 0 Å². The molecule has 18 heteroatoms. The predicted octanol–water partition coefficient (Wildman–Crippen LogP) is 8.20. The zero-order valence-electron chi connectivity index (χ0n) is 40.9. The molecule has 71 heavy (non-hydrogen) atoms. The van der Waals surface area contributed by atoms with Crippen molar-refractivity contribution in [3.63, 3.8) is 0 Å². The van der Waals surface area contributed by atoms with E-state index in [0.717, 1.165) is 54.0 Å². The lowest BCUT2D eigenvalue weighted by Gasteiger charge is -2.35. The summed E-state index contributed by atoms with van der Waals surface area (Å²) in [5.74, 6) is 0.245. The first kappa shape index (κ1) is 50.8. The van der Waals surface area contributed by atoms with Crippen LogP contribution < -0.4 is 20.7 Å². The Morgan fingerprint density at radius 1 is 0.972 bits per heavy atom. The van der Waals surface area contributed by atoms with Gasteiger partial charge in [-0.2, -0.15) is 0 Å². The number of carbonyl (C=O) groups excluding carboxylic acids is 4. The van der Waals surface area contributed by atoms with Crippen LogP contribution in [-0.2, 0) is 19.2 Å². The molecule has 15 nitrogen and oxygen atoms in total. The van der Waals surface area contributed by atoms with Crippen LogP contribution in [0.15, 0.2) is 89.4 Å². The van der Waals surface area contributed by atoms with Crippen LogP contribution in [0.25, 0.3) is 21.5 Å². The van der Waals surface area contributed by atoms with Gasteiger partial charge in [0.05, 0.1) is 46.9 Å². The van der Waals surface area contributed by atoms with Crippen LogP contribution in [0.1, 0.15) is 103 Å². The average molecular weight is 1020 g/mol. The number of β-amino-alcohol motifs (C(OH)–C–C–N with tert-alkyl or cyclic N) is 1. The van der Waals surface area contributed by atoms with Crippen LogP contribution in [0, 0.1) is 33.1 Å². The maximum absolute atomic E-state index is 14.2. The number of aliphatic hydroxyl groups is 1.